The van der Waals surface area contributed by atoms with E-state index in [1.807, 2.05) is 48.7 Å². The monoisotopic (exact) mass is 411 g/mol. The molecule has 0 fully saturated rings. The van der Waals surface area contributed by atoms with Gasteiger partial charge in [-0.25, -0.2) is 13.1 Å². The first-order valence-electron chi connectivity index (χ1n) is 8.54. The molecule has 0 spiro atoms. The van der Waals surface area contributed by atoms with E-state index in [0.717, 1.165) is 16.0 Å². The lowest BCUT2D eigenvalue weighted by Gasteiger charge is -2.06. The number of sulfonamides is 1. The van der Waals surface area contributed by atoms with Crippen LogP contribution in [0, 0.1) is 6.92 Å². The lowest BCUT2D eigenvalue weighted by atomic mass is 10.1. The van der Waals surface area contributed by atoms with Gasteiger partial charge in [0.1, 0.15) is 0 Å². The fourth-order valence-electron chi connectivity index (χ4n) is 2.61. The van der Waals surface area contributed by atoms with Crippen molar-refractivity contribution in [3.63, 3.8) is 0 Å². The van der Waals surface area contributed by atoms with Crippen LogP contribution in [0.1, 0.15) is 10.4 Å². The Labute approximate surface area is 166 Å². The van der Waals surface area contributed by atoms with Crippen molar-refractivity contribution in [2.24, 2.45) is 0 Å². The van der Waals surface area contributed by atoms with E-state index in [4.69, 9.17) is 4.42 Å². The van der Waals surface area contributed by atoms with Crippen molar-refractivity contribution in [3.8, 4) is 22.9 Å². The van der Waals surface area contributed by atoms with Crippen LogP contribution in [0.25, 0.3) is 22.9 Å². The van der Waals surface area contributed by atoms with Gasteiger partial charge in [0.25, 0.3) is 0 Å². The summed E-state index contributed by atoms with van der Waals surface area (Å²) in [7, 11) is -3.65. The van der Waals surface area contributed by atoms with Gasteiger partial charge >= 0.3 is 0 Å². The van der Waals surface area contributed by atoms with Crippen LogP contribution in [-0.2, 0) is 16.6 Å². The molecule has 0 atom stereocenters. The topological polar surface area (TPSA) is 85.1 Å². The second-order valence-corrected chi connectivity index (χ2v) is 9.01. The standard InChI is InChI=1S/C20H17N3O3S2/c1-14-7-9-15(10-8-14)19-22-23-20(26-19)16-4-2-6-18(12-16)28(24,25)21-13-17-5-3-11-27-17/h2-12,21H,13H2,1H3. The highest BCUT2D eigenvalue weighted by Crippen LogP contribution is 2.26. The molecule has 4 rings (SSSR count). The molecule has 0 aliphatic carbocycles. The Kier molecular flexibility index (Phi) is 5.08. The van der Waals surface area contributed by atoms with Crippen molar-refractivity contribution in [2.45, 2.75) is 18.4 Å². The number of nitrogens with zero attached hydrogens (tertiary/aromatic N) is 2. The third-order valence-electron chi connectivity index (χ3n) is 4.13. The first-order chi connectivity index (χ1) is 13.5. The summed E-state index contributed by atoms with van der Waals surface area (Å²) in [6.07, 6.45) is 0. The van der Waals surface area contributed by atoms with Crippen LogP contribution >= 0.6 is 11.3 Å². The Morgan fingerprint density at radius 3 is 2.43 bits per heavy atom. The van der Waals surface area contributed by atoms with Gasteiger partial charge in [-0.15, -0.1) is 21.5 Å². The molecule has 2 aromatic carbocycles. The average molecular weight is 412 g/mol. The Morgan fingerprint density at radius 1 is 0.964 bits per heavy atom. The zero-order valence-corrected chi connectivity index (χ0v) is 16.6. The Morgan fingerprint density at radius 2 is 1.71 bits per heavy atom. The second kappa shape index (κ2) is 7.67. The number of nitrogens with one attached hydrogen (secondary N) is 1. The molecule has 0 amide bonds. The predicted molar refractivity (Wildman–Crippen MR) is 108 cm³/mol. The van der Waals surface area contributed by atoms with E-state index in [1.54, 1.807) is 12.1 Å². The number of hydrogen-bond donors (Lipinski definition) is 1. The molecule has 142 valence electrons. The first kappa shape index (κ1) is 18.5. The smallest absolute Gasteiger partial charge is 0.248 e. The Bertz CT molecular complexity index is 1180. The van der Waals surface area contributed by atoms with Crippen molar-refractivity contribution in [3.05, 3.63) is 76.5 Å². The number of aryl methyl sites for hydroxylation is 1. The van der Waals surface area contributed by atoms with Crippen LogP contribution in [0.4, 0.5) is 0 Å². The van der Waals surface area contributed by atoms with Crippen LogP contribution in [-0.4, -0.2) is 18.6 Å². The predicted octanol–water partition coefficient (Wildman–Crippen LogP) is 4.25. The van der Waals surface area contributed by atoms with Crippen molar-refractivity contribution in [1.29, 1.82) is 0 Å². The number of benzene rings is 2. The number of hydrogen-bond acceptors (Lipinski definition) is 6. The van der Waals surface area contributed by atoms with Gasteiger partial charge < -0.3 is 4.42 Å². The molecule has 2 aromatic heterocycles. The molecular formula is C20H17N3O3S2. The van der Waals surface area contributed by atoms with Gasteiger partial charge in [0.05, 0.1) is 4.90 Å². The van der Waals surface area contributed by atoms with Gasteiger partial charge in [-0.2, -0.15) is 0 Å². The minimum atomic E-state index is -3.65. The lowest BCUT2D eigenvalue weighted by molar-refractivity contribution is 0.580. The summed E-state index contributed by atoms with van der Waals surface area (Å²) in [5.74, 6) is 0.657. The lowest BCUT2D eigenvalue weighted by Crippen LogP contribution is -2.22. The van der Waals surface area contributed by atoms with E-state index in [0.29, 0.717) is 11.5 Å². The molecule has 0 saturated heterocycles. The minimum absolute atomic E-state index is 0.150. The molecule has 0 saturated carbocycles. The summed E-state index contributed by atoms with van der Waals surface area (Å²) in [5.41, 5.74) is 2.49. The van der Waals surface area contributed by atoms with Gasteiger partial charge in [-0.05, 0) is 48.7 Å². The van der Waals surface area contributed by atoms with Crippen LogP contribution in [0.5, 0.6) is 0 Å². The highest BCUT2D eigenvalue weighted by atomic mass is 32.2. The van der Waals surface area contributed by atoms with E-state index < -0.39 is 10.0 Å². The van der Waals surface area contributed by atoms with Crippen molar-refractivity contribution < 1.29 is 12.8 Å². The van der Waals surface area contributed by atoms with E-state index in [1.165, 1.54) is 23.5 Å². The maximum Gasteiger partial charge on any atom is 0.248 e. The molecule has 1 N–H and O–H groups in total. The van der Waals surface area contributed by atoms with Crippen molar-refractivity contribution in [2.75, 3.05) is 0 Å². The number of aromatic nitrogens is 2. The SMILES string of the molecule is Cc1ccc(-c2nnc(-c3cccc(S(=O)(=O)NCc4cccs4)c3)o2)cc1. The molecule has 2 heterocycles. The van der Waals surface area contributed by atoms with Crippen molar-refractivity contribution >= 4 is 21.4 Å². The van der Waals surface area contributed by atoms with Crippen LogP contribution in [0.2, 0.25) is 0 Å². The highest BCUT2D eigenvalue weighted by molar-refractivity contribution is 7.89. The molecule has 28 heavy (non-hydrogen) atoms. The van der Waals surface area contributed by atoms with Crippen molar-refractivity contribution in [1.82, 2.24) is 14.9 Å². The molecule has 0 unspecified atom stereocenters. The molecule has 6 nitrogen and oxygen atoms in total. The minimum Gasteiger partial charge on any atom is -0.416 e. The zero-order valence-electron chi connectivity index (χ0n) is 15.0. The van der Waals surface area contributed by atoms with E-state index >= 15 is 0 Å². The summed E-state index contributed by atoms with van der Waals surface area (Å²) >= 11 is 1.50. The van der Waals surface area contributed by atoms with E-state index in [9.17, 15) is 8.42 Å². The maximum atomic E-state index is 12.6. The number of rotatable bonds is 6. The zero-order chi connectivity index (χ0) is 19.6. The first-order valence-corrected chi connectivity index (χ1v) is 10.9. The van der Waals surface area contributed by atoms with Gasteiger partial charge in [0.2, 0.25) is 21.8 Å². The summed E-state index contributed by atoms with van der Waals surface area (Å²) in [6, 6.07) is 18.0. The third kappa shape index (κ3) is 4.04. The Balaban J connectivity index is 1.57. The molecule has 0 bridgehead atoms. The van der Waals surface area contributed by atoms with Gasteiger partial charge in [-0.1, -0.05) is 29.8 Å². The molecule has 4 aromatic rings. The Hall–Kier alpha value is -2.81. The fourth-order valence-corrected chi connectivity index (χ4v) is 4.40. The largest absolute Gasteiger partial charge is 0.416 e. The quantitative estimate of drug-likeness (QED) is 0.513. The van der Waals surface area contributed by atoms with Gasteiger partial charge in [0.15, 0.2) is 0 Å². The molecule has 0 radical (unpaired) electrons. The molecular weight excluding hydrogens is 394 g/mol. The second-order valence-electron chi connectivity index (χ2n) is 6.21. The molecule has 0 aliphatic rings. The molecule has 8 heteroatoms. The number of thiophene rings is 1. The average Bonchev–Trinajstić information content (AvgIpc) is 3.39. The van der Waals surface area contributed by atoms with E-state index in [-0.39, 0.29) is 17.3 Å². The van der Waals surface area contributed by atoms with Crippen LogP contribution < -0.4 is 4.72 Å². The maximum absolute atomic E-state index is 12.6. The summed E-state index contributed by atoms with van der Waals surface area (Å²) in [4.78, 5) is 1.09. The van der Waals surface area contributed by atoms with Crippen LogP contribution in [0.15, 0.2) is 75.4 Å². The molecule has 0 aliphatic heterocycles. The normalized spacial score (nSPS) is 11.6. The summed E-state index contributed by atoms with van der Waals surface area (Å²) in [6.45, 7) is 2.25. The summed E-state index contributed by atoms with van der Waals surface area (Å²) < 4.78 is 33.5. The highest BCUT2D eigenvalue weighted by Gasteiger charge is 2.17. The van der Waals surface area contributed by atoms with Gasteiger partial charge in [0, 0.05) is 22.5 Å². The van der Waals surface area contributed by atoms with Gasteiger partial charge in [-0.3, -0.25) is 0 Å². The van der Waals surface area contributed by atoms with Crippen LogP contribution in [0.3, 0.4) is 0 Å². The fraction of sp³-hybridized carbons (Fsp3) is 0.100. The third-order valence-corrected chi connectivity index (χ3v) is 6.41. The summed E-state index contributed by atoms with van der Waals surface area (Å²) in [5, 5.41) is 10.0. The van der Waals surface area contributed by atoms with E-state index in [2.05, 4.69) is 14.9 Å².